The molecule has 0 N–H and O–H groups in total. The fourth-order valence-corrected chi connectivity index (χ4v) is 1.55. The highest BCUT2D eigenvalue weighted by Crippen LogP contribution is 2.13. The van der Waals surface area contributed by atoms with Crippen LogP contribution in [0.1, 0.15) is 46.5 Å². The van der Waals surface area contributed by atoms with E-state index >= 15 is 0 Å². The second-order valence-electron chi connectivity index (χ2n) is 4.49. The Balaban J connectivity index is 3.81. The van der Waals surface area contributed by atoms with E-state index < -0.39 is 0 Å². The van der Waals surface area contributed by atoms with Gasteiger partial charge in [-0.15, -0.1) is 0 Å². The van der Waals surface area contributed by atoms with Gasteiger partial charge in [-0.3, -0.25) is 0 Å². The first kappa shape index (κ1) is 12.0. The first-order valence-electron chi connectivity index (χ1n) is 5.37. The third-order valence-electron chi connectivity index (χ3n) is 2.99. The first-order chi connectivity index (χ1) is 5.54. The van der Waals surface area contributed by atoms with Gasteiger partial charge in [0.25, 0.3) is 0 Å². The van der Waals surface area contributed by atoms with E-state index in [1.165, 1.54) is 36.7 Å². The summed E-state index contributed by atoms with van der Waals surface area (Å²) in [7, 11) is 4.71. The zero-order valence-corrected chi connectivity index (χ0v) is 9.56. The van der Waals surface area contributed by atoms with Gasteiger partial charge < -0.3 is 4.48 Å². The molecule has 0 aromatic heterocycles. The highest BCUT2D eigenvalue weighted by molar-refractivity contribution is 4.49. The van der Waals surface area contributed by atoms with Crippen molar-refractivity contribution in [1.82, 2.24) is 0 Å². The zero-order valence-electron chi connectivity index (χ0n) is 9.56. The van der Waals surface area contributed by atoms with E-state index in [4.69, 9.17) is 0 Å². The molecule has 1 heteroatoms. The van der Waals surface area contributed by atoms with Gasteiger partial charge in [0.05, 0.1) is 26.7 Å². The standard InChI is InChI=1S/C11H26N/c1-6-8-10-12(4,5)11(3)9-7-2/h11H,6-10H2,1-5H3/q+1. The molecule has 12 heavy (non-hydrogen) atoms. The number of rotatable bonds is 6. The highest BCUT2D eigenvalue weighted by atomic mass is 15.3. The lowest BCUT2D eigenvalue weighted by Crippen LogP contribution is -2.47. The Labute approximate surface area is 78.4 Å². The lowest BCUT2D eigenvalue weighted by Gasteiger charge is -2.36. The molecule has 74 valence electrons. The summed E-state index contributed by atoms with van der Waals surface area (Å²) in [6.07, 6.45) is 5.35. The Morgan fingerprint density at radius 1 is 1.08 bits per heavy atom. The van der Waals surface area contributed by atoms with Crippen molar-refractivity contribution in [2.45, 2.75) is 52.5 Å². The van der Waals surface area contributed by atoms with E-state index in [0.717, 1.165) is 6.04 Å². The molecule has 1 unspecified atom stereocenters. The van der Waals surface area contributed by atoms with Crippen LogP contribution in [0.15, 0.2) is 0 Å². The molecule has 0 aromatic carbocycles. The number of quaternary nitrogens is 1. The van der Waals surface area contributed by atoms with Crippen molar-refractivity contribution in [2.24, 2.45) is 0 Å². The second kappa shape index (κ2) is 5.58. The summed E-state index contributed by atoms with van der Waals surface area (Å²) in [6, 6.07) is 0.821. The van der Waals surface area contributed by atoms with Crippen LogP contribution in [0.5, 0.6) is 0 Å². The molecule has 0 amide bonds. The van der Waals surface area contributed by atoms with Gasteiger partial charge in [-0.05, 0) is 19.8 Å². The molecule has 1 nitrogen and oxygen atoms in total. The third-order valence-corrected chi connectivity index (χ3v) is 2.99. The van der Waals surface area contributed by atoms with Crippen molar-refractivity contribution in [3.8, 4) is 0 Å². The molecule has 0 radical (unpaired) electrons. The Morgan fingerprint density at radius 2 is 1.67 bits per heavy atom. The van der Waals surface area contributed by atoms with Crippen molar-refractivity contribution in [1.29, 1.82) is 0 Å². The number of unbranched alkanes of at least 4 members (excludes halogenated alkanes) is 1. The largest absolute Gasteiger partial charge is 0.326 e. The van der Waals surface area contributed by atoms with Crippen LogP contribution in [0.25, 0.3) is 0 Å². The van der Waals surface area contributed by atoms with Crippen molar-refractivity contribution >= 4 is 0 Å². The molecule has 0 aliphatic rings. The summed E-state index contributed by atoms with van der Waals surface area (Å²) >= 11 is 0. The second-order valence-corrected chi connectivity index (χ2v) is 4.49. The summed E-state index contributed by atoms with van der Waals surface area (Å²) in [5, 5.41) is 0. The van der Waals surface area contributed by atoms with Gasteiger partial charge in [-0.25, -0.2) is 0 Å². The van der Waals surface area contributed by atoms with Gasteiger partial charge in [0, 0.05) is 0 Å². The molecule has 0 saturated heterocycles. The normalized spacial score (nSPS) is 14.8. The van der Waals surface area contributed by atoms with Crippen LogP contribution in [-0.4, -0.2) is 31.2 Å². The molecular formula is C11H26N+. The van der Waals surface area contributed by atoms with E-state index in [-0.39, 0.29) is 0 Å². The minimum Gasteiger partial charge on any atom is -0.326 e. The minimum atomic E-state index is 0.821. The molecule has 0 aromatic rings. The maximum Gasteiger partial charge on any atom is 0.0857 e. The molecular weight excluding hydrogens is 146 g/mol. The van der Waals surface area contributed by atoms with Crippen molar-refractivity contribution in [2.75, 3.05) is 20.6 Å². The van der Waals surface area contributed by atoms with Crippen LogP contribution in [0.3, 0.4) is 0 Å². The lowest BCUT2D eigenvalue weighted by molar-refractivity contribution is -0.913. The molecule has 0 saturated carbocycles. The molecule has 0 spiro atoms. The summed E-state index contributed by atoms with van der Waals surface area (Å²) in [6.45, 7) is 8.25. The van der Waals surface area contributed by atoms with Crippen molar-refractivity contribution in [3.63, 3.8) is 0 Å². The third kappa shape index (κ3) is 4.10. The van der Waals surface area contributed by atoms with Crippen LogP contribution < -0.4 is 0 Å². The quantitative estimate of drug-likeness (QED) is 0.540. The van der Waals surface area contributed by atoms with E-state index in [0.29, 0.717) is 0 Å². The molecule has 0 aliphatic carbocycles. The highest BCUT2D eigenvalue weighted by Gasteiger charge is 2.21. The van der Waals surface area contributed by atoms with E-state index in [1.54, 1.807) is 0 Å². The molecule has 1 atom stereocenters. The average molecular weight is 172 g/mol. The summed E-state index contributed by atoms with van der Waals surface area (Å²) < 4.78 is 1.20. The van der Waals surface area contributed by atoms with Gasteiger partial charge >= 0.3 is 0 Å². The number of hydrogen-bond acceptors (Lipinski definition) is 0. The van der Waals surface area contributed by atoms with Crippen molar-refractivity contribution in [3.05, 3.63) is 0 Å². The van der Waals surface area contributed by atoms with Crippen LogP contribution in [-0.2, 0) is 0 Å². The predicted octanol–water partition coefficient (Wildman–Crippen LogP) is 3.05. The average Bonchev–Trinajstić information content (AvgIpc) is 2.01. The Kier molecular flexibility index (Phi) is 5.56. The van der Waals surface area contributed by atoms with Crippen LogP contribution in [0.4, 0.5) is 0 Å². The van der Waals surface area contributed by atoms with Crippen molar-refractivity contribution < 1.29 is 4.48 Å². The first-order valence-corrected chi connectivity index (χ1v) is 5.37. The summed E-state index contributed by atoms with van der Waals surface area (Å²) in [5.74, 6) is 0. The van der Waals surface area contributed by atoms with E-state index in [1.807, 2.05) is 0 Å². The van der Waals surface area contributed by atoms with Crippen LogP contribution in [0.2, 0.25) is 0 Å². The zero-order chi connectivity index (χ0) is 9.61. The fraction of sp³-hybridized carbons (Fsp3) is 1.00. The monoisotopic (exact) mass is 172 g/mol. The SMILES string of the molecule is CCCC[N+](C)(C)C(C)CCC. The van der Waals surface area contributed by atoms with Crippen LogP contribution in [0, 0.1) is 0 Å². The smallest absolute Gasteiger partial charge is 0.0857 e. The Morgan fingerprint density at radius 3 is 2.08 bits per heavy atom. The van der Waals surface area contributed by atoms with Gasteiger partial charge in [0.15, 0.2) is 0 Å². The maximum atomic E-state index is 2.37. The summed E-state index contributed by atoms with van der Waals surface area (Å²) in [5.41, 5.74) is 0. The van der Waals surface area contributed by atoms with Gasteiger partial charge in [-0.2, -0.15) is 0 Å². The minimum absolute atomic E-state index is 0.821. The molecule has 0 fully saturated rings. The Hall–Kier alpha value is -0.0400. The molecule has 0 bridgehead atoms. The van der Waals surface area contributed by atoms with E-state index in [9.17, 15) is 0 Å². The maximum absolute atomic E-state index is 2.37. The molecule has 0 aliphatic heterocycles. The number of nitrogens with zero attached hydrogens (tertiary/aromatic N) is 1. The number of hydrogen-bond donors (Lipinski definition) is 0. The van der Waals surface area contributed by atoms with Gasteiger partial charge in [0.2, 0.25) is 0 Å². The van der Waals surface area contributed by atoms with Gasteiger partial charge in [-0.1, -0.05) is 26.7 Å². The summed E-state index contributed by atoms with van der Waals surface area (Å²) in [4.78, 5) is 0. The fourth-order valence-electron chi connectivity index (χ4n) is 1.55. The van der Waals surface area contributed by atoms with Crippen LogP contribution >= 0.6 is 0 Å². The lowest BCUT2D eigenvalue weighted by atomic mass is 10.1. The molecule has 0 rings (SSSR count). The topological polar surface area (TPSA) is 0 Å². The molecule has 0 heterocycles. The van der Waals surface area contributed by atoms with Gasteiger partial charge in [0.1, 0.15) is 0 Å². The predicted molar refractivity (Wildman–Crippen MR) is 56.3 cm³/mol. The Bertz CT molecular complexity index is 108. The van der Waals surface area contributed by atoms with E-state index in [2.05, 4.69) is 34.9 Å².